The second-order valence-electron chi connectivity index (χ2n) is 7.48. The summed E-state index contributed by atoms with van der Waals surface area (Å²) in [6.45, 7) is 9.58. The van der Waals surface area contributed by atoms with Crippen LogP contribution in [-0.4, -0.2) is 31.1 Å². The molecule has 1 saturated heterocycles. The molecule has 2 fully saturated rings. The summed E-state index contributed by atoms with van der Waals surface area (Å²) in [6, 6.07) is 0. The van der Waals surface area contributed by atoms with Crippen LogP contribution in [0.3, 0.4) is 0 Å². The Morgan fingerprint density at radius 3 is 2.42 bits per heavy atom. The summed E-state index contributed by atoms with van der Waals surface area (Å²) in [7, 11) is 0. The molecule has 1 saturated carbocycles. The molecular formula is C17H34N2. The third-order valence-corrected chi connectivity index (χ3v) is 5.71. The average molecular weight is 266 g/mol. The van der Waals surface area contributed by atoms with Crippen LogP contribution < -0.4 is 5.73 Å². The predicted molar refractivity (Wildman–Crippen MR) is 83.2 cm³/mol. The Labute approximate surface area is 120 Å². The van der Waals surface area contributed by atoms with E-state index < -0.39 is 0 Å². The second kappa shape index (κ2) is 7.08. The standard InChI is InChI=1S/C17H34N2/c1-15(2)16-7-6-11-19(12-8-16)14-17(13-18)9-4-3-5-10-17/h15-16H,3-14,18H2,1-2H3. The fraction of sp³-hybridized carbons (Fsp3) is 1.00. The number of hydrogen-bond donors (Lipinski definition) is 1. The Hall–Kier alpha value is -0.0800. The number of rotatable bonds is 4. The van der Waals surface area contributed by atoms with Crippen LogP contribution in [0.15, 0.2) is 0 Å². The molecular weight excluding hydrogens is 232 g/mol. The summed E-state index contributed by atoms with van der Waals surface area (Å²) in [5.74, 6) is 1.81. The molecule has 1 unspecified atom stereocenters. The van der Waals surface area contributed by atoms with Crippen LogP contribution in [0.5, 0.6) is 0 Å². The van der Waals surface area contributed by atoms with Gasteiger partial charge in [-0.3, -0.25) is 0 Å². The second-order valence-corrected chi connectivity index (χ2v) is 7.48. The molecule has 0 amide bonds. The molecule has 2 aliphatic rings. The SMILES string of the molecule is CC(C)C1CCCN(CC2(CN)CCCCC2)CC1. The molecule has 1 heterocycles. The van der Waals surface area contributed by atoms with Gasteiger partial charge in [0.2, 0.25) is 0 Å². The van der Waals surface area contributed by atoms with E-state index in [1.54, 1.807) is 0 Å². The van der Waals surface area contributed by atoms with Crippen molar-refractivity contribution in [3.63, 3.8) is 0 Å². The zero-order valence-electron chi connectivity index (χ0n) is 13.2. The third kappa shape index (κ3) is 4.19. The quantitative estimate of drug-likeness (QED) is 0.841. The highest BCUT2D eigenvalue weighted by atomic mass is 15.1. The first-order chi connectivity index (χ1) is 9.15. The first-order valence-electron chi connectivity index (χ1n) is 8.58. The van der Waals surface area contributed by atoms with E-state index in [-0.39, 0.29) is 0 Å². The average Bonchev–Trinajstić information content (AvgIpc) is 2.65. The van der Waals surface area contributed by atoms with Gasteiger partial charge >= 0.3 is 0 Å². The maximum absolute atomic E-state index is 6.14. The van der Waals surface area contributed by atoms with Gasteiger partial charge < -0.3 is 10.6 Å². The van der Waals surface area contributed by atoms with E-state index >= 15 is 0 Å². The van der Waals surface area contributed by atoms with Crippen LogP contribution in [0.4, 0.5) is 0 Å². The van der Waals surface area contributed by atoms with Crippen LogP contribution in [0.25, 0.3) is 0 Å². The highest BCUT2D eigenvalue weighted by Crippen LogP contribution is 2.37. The number of likely N-dealkylation sites (tertiary alicyclic amines) is 1. The molecule has 2 rings (SSSR count). The van der Waals surface area contributed by atoms with Crippen LogP contribution in [0, 0.1) is 17.3 Å². The number of hydrogen-bond acceptors (Lipinski definition) is 2. The monoisotopic (exact) mass is 266 g/mol. The summed E-state index contributed by atoms with van der Waals surface area (Å²) in [5, 5.41) is 0. The first-order valence-corrected chi connectivity index (χ1v) is 8.58. The van der Waals surface area contributed by atoms with Crippen LogP contribution in [0.1, 0.15) is 65.2 Å². The van der Waals surface area contributed by atoms with Crippen LogP contribution >= 0.6 is 0 Å². The van der Waals surface area contributed by atoms with E-state index in [1.807, 2.05) is 0 Å². The van der Waals surface area contributed by atoms with Crippen molar-refractivity contribution >= 4 is 0 Å². The topological polar surface area (TPSA) is 29.3 Å². The molecule has 1 aliphatic heterocycles. The molecule has 19 heavy (non-hydrogen) atoms. The molecule has 2 nitrogen and oxygen atoms in total. The molecule has 0 aromatic rings. The lowest BCUT2D eigenvalue weighted by molar-refractivity contribution is 0.112. The summed E-state index contributed by atoms with van der Waals surface area (Å²) in [6.07, 6.45) is 11.2. The highest BCUT2D eigenvalue weighted by molar-refractivity contribution is 4.87. The molecule has 2 N–H and O–H groups in total. The molecule has 2 heteroatoms. The van der Waals surface area contributed by atoms with Gasteiger partial charge in [0.1, 0.15) is 0 Å². The van der Waals surface area contributed by atoms with Gasteiger partial charge in [-0.05, 0) is 69.0 Å². The van der Waals surface area contributed by atoms with Crippen molar-refractivity contribution in [3.05, 3.63) is 0 Å². The van der Waals surface area contributed by atoms with Gasteiger partial charge in [-0.2, -0.15) is 0 Å². The molecule has 0 bridgehead atoms. The first kappa shape index (κ1) is 15.3. The van der Waals surface area contributed by atoms with Gasteiger partial charge in [0.15, 0.2) is 0 Å². The Bertz CT molecular complexity index is 256. The van der Waals surface area contributed by atoms with E-state index in [2.05, 4.69) is 18.7 Å². The lowest BCUT2D eigenvalue weighted by Crippen LogP contribution is -2.44. The van der Waals surface area contributed by atoms with Crippen LogP contribution in [0.2, 0.25) is 0 Å². The lowest BCUT2D eigenvalue weighted by Gasteiger charge is -2.40. The molecule has 1 atom stereocenters. The maximum atomic E-state index is 6.14. The summed E-state index contributed by atoms with van der Waals surface area (Å²) < 4.78 is 0. The van der Waals surface area contributed by atoms with Gasteiger partial charge in [-0.25, -0.2) is 0 Å². The molecule has 0 spiro atoms. The minimum atomic E-state index is 0.454. The van der Waals surface area contributed by atoms with Crippen molar-refractivity contribution in [3.8, 4) is 0 Å². The highest BCUT2D eigenvalue weighted by Gasteiger charge is 2.33. The van der Waals surface area contributed by atoms with E-state index in [4.69, 9.17) is 5.73 Å². The van der Waals surface area contributed by atoms with Crippen molar-refractivity contribution in [2.75, 3.05) is 26.2 Å². The van der Waals surface area contributed by atoms with Crippen molar-refractivity contribution < 1.29 is 0 Å². The van der Waals surface area contributed by atoms with Crippen LogP contribution in [-0.2, 0) is 0 Å². The normalized spacial score (nSPS) is 29.4. The molecule has 0 aromatic heterocycles. The Kier molecular flexibility index (Phi) is 5.70. The van der Waals surface area contributed by atoms with Crippen molar-refractivity contribution in [1.29, 1.82) is 0 Å². The number of nitrogens with zero attached hydrogens (tertiary/aromatic N) is 1. The van der Waals surface area contributed by atoms with Crippen molar-refractivity contribution in [1.82, 2.24) is 4.90 Å². The van der Waals surface area contributed by atoms with Gasteiger partial charge in [0.05, 0.1) is 0 Å². The minimum absolute atomic E-state index is 0.454. The smallest absolute Gasteiger partial charge is 0.00501 e. The van der Waals surface area contributed by atoms with E-state index in [0.29, 0.717) is 5.41 Å². The van der Waals surface area contributed by atoms with Crippen molar-refractivity contribution in [2.24, 2.45) is 23.0 Å². The molecule has 0 radical (unpaired) electrons. The Balaban J connectivity index is 1.87. The fourth-order valence-corrected chi connectivity index (χ4v) is 4.21. The van der Waals surface area contributed by atoms with E-state index in [1.165, 1.54) is 71.0 Å². The summed E-state index contributed by atoms with van der Waals surface area (Å²) >= 11 is 0. The molecule has 1 aliphatic carbocycles. The van der Waals surface area contributed by atoms with Crippen molar-refractivity contribution in [2.45, 2.75) is 65.2 Å². The van der Waals surface area contributed by atoms with Gasteiger partial charge in [-0.15, -0.1) is 0 Å². The maximum Gasteiger partial charge on any atom is 0.00501 e. The zero-order valence-corrected chi connectivity index (χ0v) is 13.2. The predicted octanol–water partition coefficient (Wildman–Crippen LogP) is 3.65. The number of nitrogens with two attached hydrogens (primary N) is 1. The van der Waals surface area contributed by atoms with E-state index in [0.717, 1.165) is 18.4 Å². The Morgan fingerprint density at radius 1 is 1.05 bits per heavy atom. The van der Waals surface area contributed by atoms with E-state index in [9.17, 15) is 0 Å². The molecule has 112 valence electrons. The minimum Gasteiger partial charge on any atom is -0.330 e. The summed E-state index contributed by atoms with van der Waals surface area (Å²) in [4.78, 5) is 2.74. The molecule has 0 aromatic carbocycles. The largest absolute Gasteiger partial charge is 0.330 e. The Morgan fingerprint density at radius 2 is 1.79 bits per heavy atom. The lowest BCUT2D eigenvalue weighted by atomic mass is 9.73. The zero-order chi connectivity index (χ0) is 13.7. The third-order valence-electron chi connectivity index (χ3n) is 5.71. The summed E-state index contributed by atoms with van der Waals surface area (Å²) in [5.41, 5.74) is 6.60. The van der Waals surface area contributed by atoms with Gasteiger partial charge in [-0.1, -0.05) is 33.1 Å². The van der Waals surface area contributed by atoms with Gasteiger partial charge in [0.25, 0.3) is 0 Å². The van der Waals surface area contributed by atoms with Gasteiger partial charge in [0, 0.05) is 6.54 Å². The fourth-order valence-electron chi connectivity index (χ4n) is 4.21.